The number of carbonyl (C=O) groups is 2. The fourth-order valence-corrected chi connectivity index (χ4v) is 4.39. The summed E-state index contributed by atoms with van der Waals surface area (Å²) in [5.41, 5.74) is 0. The molecule has 0 radical (unpaired) electrons. The number of imide groups is 1. The van der Waals surface area contributed by atoms with Crippen molar-refractivity contribution < 1.29 is 9.59 Å². The van der Waals surface area contributed by atoms with Gasteiger partial charge >= 0.3 is 6.03 Å². The third-order valence-electron chi connectivity index (χ3n) is 4.07. The van der Waals surface area contributed by atoms with Gasteiger partial charge in [-0.05, 0) is 31.2 Å². The third kappa shape index (κ3) is 2.82. The van der Waals surface area contributed by atoms with Crippen LogP contribution in [-0.2, 0) is 4.79 Å². The van der Waals surface area contributed by atoms with Gasteiger partial charge in [0.05, 0.1) is 10.1 Å². The average molecular weight is 363 g/mol. The summed E-state index contributed by atoms with van der Waals surface area (Å²) in [6.45, 7) is 2.76. The first-order valence-corrected chi connectivity index (χ1v) is 9.65. The predicted molar refractivity (Wildman–Crippen MR) is 92.0 cm³/mol. The SMILES string of the molecule is C[C@H](Sc1nnc(-c2cccs2)n1C1CC1)C(=O)N1CCNC1=O. The zero-order valence-electron chi connectivity index (χ0n) is 13.1. The molecule has 4 rings (SSSR count). The fraction of sp³-hybridized carbons (Fsp3) is 0.467. The van der Waals surface area contributed by atoms with Gasteiger partial charge in [0, 0.05) is 19.1 Å². The second-order valence-corrected chi connectivity index (χ2v) is 8.12. The van der Waals surface area contributed by atoms with Gasteiger partial charge in [0.1, 0.15) is 0 Å². The fourth-order valence-electron chi connectivity index (χ4n) is 2.70. The molecule has 1 atom stereocenters. The molecule has 126 valence electrons. The van der Waals surface area contributed by atoms with Crippen LogP contribution < -0.4 is 5.32 Å². The minimum absolute atomic E-state index is 0.182. The molecular weight excluding hydrogens is 346 g/mol. The van der Waals surface area contributed by atoms with Crippen molar-refractivity contribution in [2.24, 2.45) is 0 Å². The highest BCUT2D eigenvalue weighted by atomic mass is 32.2. The van der Waals surface area contributed by atoms with E-state index < -0.39 is 0 Å². The van der Waals surface area contributed by atoms with Gasteiger partial charge in [0.25, 0.3) is 0 Å². The van der Waals surface area contributed by atoms with E-state index in [9.17, 15) is 9.59 Å². The van der Waals surface area contributed by atoms with E-state index in [0.29, 0.717) is 19.1 Å². The lowest BCUT2D eigenvalue weighted by Gasteiger charge is -2.17. The molecule has 1 N–H and O–H groups in total. The Labute approximate surface area is 147 Å². The van der Waals surface area contributed by atoms with Crippen molar-refractivity contribution in [1.82, 2.24) is 25.0 Å². The maximum Gasteiger partial charge on any atom is 0.324 e. The van der Waals surface area contributed by atoms with Crippen LogP contribution in [0.1, 0.15) is 25.8 Å². The van der Waals surface area contributed by atoms with Crippen LogP contribution in [0.5, 0.6) is 0 Å². The van der Waals surface area contributed by atoms with Gasteiger partial charge in [-0.1, -0.05) is 17.8 Å². The Hall–Kier alpha value is -1.87. The summed E-state index contributed by atoms with van der Waals surface area (Å²) in [5.74, 6) is 0.687. The monoisotopic (exact) mass is 363 g/mol. The minimum Gasteiger partial charge on any atom is -0.336 e. The van der Waals surface area contributed by atoms with Crippen LogP contribution in [0.15, 0.2) is 22.7 Å². The van der Waals surface area contributed by atoms with Gasteiger partial charge in [-0.3, -0.25) is 14.3 Å². The maximum atomic E-state index is 12.5. The maximum absolute atomic E-state index is 12.5. The highest BCUT2D eigenvalue weighted by Crippen LogP contribution is 2.42. The summed E-state index contributed by atoms with van der Waals surface area (Å²) < 4.78 is 2.14. The molecule has 2 aliphatic rings. The summed E-state index contributed by atoms with van der Waals surface area (Å²) in [5, 5.41) is 13.7. The normalized spacial score (nSPS) is 18.7. The third-order valence-corrected chi connectivity index (χ3v) is 5.98. The predicted octanol–water partition coefficient (Wildman–Crippen LogP) is 2.37. The van der Waals surface area contributed by atoms with Gasteiger partial charge in [-0.25, -0.2) is 4.79 Å². The van der Waals surface area contributed by atoms with E-state index in [4.69, 9.17) is 0 Å². The van der Waals surface area contributed by atoms with Crippen molar-refractivity contribution >= 4 is 35.0 Å². The quantitative estimate of drug-likeness (QED) is 0.825. The first-order chi connectivity index (χ1) is 11.6. The molecule has 1 saturated carbocycles. The van der Waals surface area contributed by atoms with Crippen LogP contribution in [0.3, 0.4) is 0 Å². The number of thiophene rings is 1. The molecule has 0 spiro atoms. The Morgan fingerprint density at radius 1 is 1.46 bits per heavy atom. The Balaban J connectivity index is 1.56. The Morgan fingerprint density at radius 3 is 2.92 bits per heavy atom. The zero-order chi connectivity index (χ0) is 16.7. The van der Waals surface area contributed by atoms with E-state index in [1.54, 1.807) is 11.3 Å². The summed E-state index contributed by atoms with van der Waals surface area (Å²) in [4.78, 5) is 26.5. The Bertz CT molecular complexity index is 769. The molecule has 24 heavy (non-hydrogen) atoms. The van der Waals surface area contributed by atoms with Crippen molar-refractivity contribution in [3.8, 4) is 10.7 Å². The van der Waals surface area contributed by atoms with Crippen LogP contribution in [0.25, 0.3) is 10.7 Å². The van der Waals surface area contributed by atoms with Crippen LogP contribution in [-0.4, -0.2) is 49.9 Å². The summed E-state index contributed by atoms with van der Waals surface area (Å²) in [6, 6.07) is 4.13. The molecule has 2 aromatic rings. The van der Waals surface area contributed by atoms with E-state index >= 15 is 0 Å². The summed E-state index contributed by atoms with van der Waals surface area (Å²) >= 11 is 3.01. The van der Waals surface area contributed by atoms with Crippen molar-refractivity contribution in [1.29, 1.82) is 0 Å². The number of nitrogens with zero attached hydrogens (tertiary/aromatic N) is 4. The number of rotatable bonds is 5. The van der Waals surface area contributed by atoms with Crippen molar-refractivity contribution in [2.75, 3.05) is 13.1 Å². The molecule has 1 aliphatic heterocycles. The van der Waals surface area contributed by atoms with Crippen LogP contribution in [0.2, 0.25) is 0 Å². The average Bonchev–Trinajstić information content (AvgIpc) is 2.98. The number of hydrogen-bond donors (Lipinski definition) is 1. The number of hydrogen-bond acceptors (Lipinski definition) is 6. The second-order valence-electron chi connectivity index (χ2n) is 5.87. The highest BCUT2D eigenvalue weighted by molar-refractivity contribution is 8.00. The van der Waals surface area contributed by atoms with E-state index in [-0.39, 0.29) is 17.2 Å². The molecule has 0 bridgehead atoms. The molecule has 2 aromatic heterocycles. The first kappa shape index (κ1) is 15.6. The Kier molecular flexibility index (Phi) is 4.05. The molecule has 3 amide bonds. The number of carbonyl (C=O) groups excluding carboxylic acids is 2. The van der Waals surface area contributed by atoms with E-state index in [1.807, 2.05) is 24.4 Å². The lowest BCUT2D eigenvalue weighted by atomic mass is 10.4. The topological polar surface area (TPSA) is 80.1 Å². The van der Waals surface area contributed by atoms with Gasteiger partial charge in [0.2, 0.25) is 5.91 Å². The van der Waals surface area contributed by atoms with Gasteiger partial charge in [0.15, 0.2) is 11.0 Å². The minimum atomic E-state index is -0.383. The molecule has 0 aromatic carbocycles. The number of urea groups is 1. The van der Waals surface area contributed by atoms with Crippen LogP contribution in [0, 0.1) is 0 Å². The van der Waals surface area contributed by atoms with E-state index in [2.05, 4.69) is 20.1 Å². The molecule has 7 nitrogen and oxygen atoms in total. The van der Waals surface area contributed by atoms with E-state index in [0.717, 1.165) is 28.7 Å². The molecule has 2 fully saturated rings. The van der Waals surface area contributed by atoms with Crippen molar-refractivity contribution in [3.63, 3.8) is 0 Å². The smallest absolute Gasteiger partial charge is 0.324 e. The molecule has 9 heteroatoms. The molecule has 0 unspecified atom stereocenters. The number of thioether (sulfide) groups is 1. The molecule has 3 heterocycles. The lowest BCUT2D eigenvalue weighted by molar-refractivity contribution is -0.126. The van der Waals surface area contributed by atoms with Crippen LogP contribution >= 0.6 is 23.1 Å². The highest BCUT2D eigenvalue weighted by Gasteiger charge is 2.34. The van der Waals surface area contributed by atoms with Gasteiger partial charge < -0.3 is 5.32 Å². The second kappa shape index (κ2) is 6.21. The lowest BCUT2D eigenvalue weighted by Crippen LogP contribution is -2.39. The number of amides is 3. The number of aromatic nitrogens is 3. The first-order valence-electron chi connectivity index (χ1n) is 7.90. The van der Waals surface area contributed by atoms with Gasteiger partial charge in [-0.2, -0.15) is 0 Å². The Morgan fingerprint density at radius 2 is 2.29 bits per heavy atom. The summed E-state index contributed by atoms with van der Waals surface area (Å²) in [7, 11) is 0. The van der Waals surface area contributed by atoms with Crippen LogP contribution in [0.4, 0.5) is 4.79 Å². The molecule has 1 aliphatic carbocycles. The van der Waals surface area contributed by atoms with Crippen molar-refractivity contribution in [3.05, 3.63) is 17.5 Å². The summed E-state index contributed by atoms with van der Waals surface area (Å²) in [6.07, 6.45) is 2.22. The standard InChI is InChI=1S/C15H17N5O2S2/c1-9(13(21)19-7-6-16-14(19)22)24-15-18-17-12(11-3-2-8-23-11)20(15)10-4-5-10/h2-3,8-10H,4-7H2,1H3,(H,16,22)/t9-/m0/s1. The largest absolute Gasteiger partial charge is 0.336 e. The van der Waals surface area contributed by atoms with E-state index in [1.165, 1.54) is 16.7 Å². The van der Waals surface area contributed by atoms with Crippen molar-refractivity contribution in [2.45, 2.75) is 36.2 Å². The zero-order valence-corrected chi connectivity index (χ0v) is 14.8. The molecular formula is C15H17N5O2S2. The molecule has 1 saturated heterocycles. The number of nitrogens with one attached hydrogen (secondary N) is 1. The van der Waals surface area contributed by atoms with Gasteiger partial charge in [-0.15, -0.1) is 21.5 Å².